The van der Waals surface area contributed by atoms with Crippen molar-refractivity contribution in [2.45, 2.75) is 142 Å². The van der Waals surface area contributed by atoms with E-state index in [4.69, 9.17) is 42.6 Å². The van der Waals surface area contributed by atoms with Crippen LogP contribution in [0.3, 0.4) is 0 Å². The third-order valence-corrected chi connectivity index (χ3v) is 12.8. The van der Waals surface area contributed by atoms with Crippen molar-refractivity contribution in [3.63, 3.8) is 0 Å². The number of fused-ring (bicyclic) bond motifs is 1. The third-order valence-electron chi connectivity index (χ3n) is 12.8. The van der Waals surface area contributed by atoms with E-state index < -0.39 is 119 Å². The first-order valence-electron chi connectivity index (χ1n) is 18.1. The predicted octanol–water partition coefficient (Wildman–Crippen LogP) is 2.28. The van der Waals surface area contributed by atoms with E-state index in [1.807, 2.05) is 0 Å². The Hall–Kier alpha value is -2.95. The molecule has 8 fully saturated rings. The lowest BCUT2D eigenvalue weighted by atomic mass is 9.35. The highest BCUT2D eigenvalue weighted by molar-refractivity contribution is 6.05. The number of ketones is 1. The van der Waals surface area contributed by atoms with Gasteiger partial charge in [-0.1, -0.05) is 20.4 Å². The van der Waals surface area contributed by atoms with Gasteiger partial charge in [-0.3, -0.25) is 24.0 Å². The average molecular weight is 735 g/mol. The summed E-state index contributed by atoms with van der Waals surface area (Å²) in [5.74, 6) is -7.61. The van der Waals surface area contributed by atoms with Gasteiger partial charge in [0.1, 0.15) is 24.2 Å². The molecule has 0 amide bonds. The maximum Gasteiger partial charge on any atom is 0.303 e. The number of esters is 4. The predicted molar refractivity (Wildman–Crippen MR) is 173 cm³/mol. The van der Waals surface area contributed by atoms with Crippen molar-refractivity contribution < 1.29 is 71.7 Å². The lowest BCUT2D eigenvalue weighted by Crippen LogP contribution is -2.89. The van der Waals surface area contributed by atoms with Gasteiger partial charge in [-0.2, -0.15) is 0 Å². The molecule has 4 saturated heterocycles. The Labute approximate surface area is 302 Å². The Balaban J connectivity index is 1.43. The van der Waals surface area contributed by atoms with Crippen LogP contribution in [0.15, 0.2) is 12.2 Å². The second kappa shape index (κ2) is 12.3. The van der Waals surface area contributed by atoms with Crippen LogP contribution >= 0.6 is 0 Å². The molecule has 8 aliphatic rings. The summed E-state index contributed by atoms with van der Waals surface area (Å²) in [6, 6.07) is 0. The normalized spacial score (nSPS) is 46.4. The summed E-state index contributed by atoms with van der Waals surface area (Å²) in [6.07, 6.45) is -7.76. The largest absolute Gasteiger partial charge is 0.463 e. The van der Waals surface area contributed by atoms with Crippen LogP contribution in [-0.4, -0.2) is 109 Å². The molecule has 15 heteroatoms. The van der Waals surface area contributed by atoms with Crippen molar-refractivity contribution in [2.24, 2.45) is 34.0 Å². The first-order chi connectivity index (χ1) is 24.2. The standard InChI is InChI=1S/C37H50O15/c1-16-21-10-11-23-35-15-45-37(36(23,29(16)43)30(21)51-34(8,9)52-37)31(28(35)33(6,7)13-12-24(35)42)50-32-27(48-20(5)41)26(47-19(4)40)25(46-18(3)39)22(49-32)14-44-17(2)38/h21-28,30-32,42H,1,10-15H2,2-9H3/t21-,22+,23-,24-,25+,26-,27+,28+,30+,31-,32-,35+,36-,37-/m0/s1. The van der Waals surface area contributed by atoms with E-state index in [9.17, 15) is 29.1 Å². The average Bonchev–Trinajstić information content (AvgIpc) is 3.14. The summed E-state index contributed by atoms with van der Waals surface area (Å²) in [6.45, 7) is 16.2. The molecule has 1 N–H and O–H groups in total. The Morgan fingerprint density at radius 2 is 1.52 bits per heavy atom. The molecule has 0 aromatic heterocycles. The third kappa shape index (κ3) is 5.09. The molecule has 4 aliphatic heterocycles. The first-order valence-corrected chi connectivity index (χ1v) is 18.1. The first kappa shape index (κ1) is 37.4. The summed E-state index contributed by atoms with van der Waals surface area (Å²) < 4.78 is 56.4. The van der Waals surface area contributed by atoms with Crippen LogP contribution in [0.2, 0.25) is 0 Å². The van der Waals surface area contributed by atoms with Crippen LogP contribution in [0.1, 0.15) is 81.1 Å². The zero-order valence-electron chi connectivity index (χ0n) is 31.0. The van der Waals surface area contributed by atoms with Crippen LogP contribution in [0, 0.1) is 34.0 Å². The smallest absolute Gasteiger partial charge is 0.303 e. The topological polar surface area (TPSA) is 189 Å². The minimum atomic E-state index is -1.81. The fourth-order valence-corrected chi connectivity index (χ4v) is 11.4. The summed E-state index contributed by atoms with van der Waals surface area (Å²) in [7, 11) is 0. The molecule has 15 nitrogen and oxygen atoms in total. The van der Waals surface area contributed by atoms with E-state index >= 15 is 0 Å². The van der Waals surface area contributed by atoms with Gasteiger partial charge < -0.3 is 47.7 Å². The van der Waals surface area contributed by atoms with E-state index in [1.54, 1.807) is 13.8 Å². The van der Waals surface area contributed by atoms with Crippen molar-refractivity contribution in [1.82, 2.24) is 0 Å². The Bertz CT molecular complexity index is 1570. The molecule has 0 aromatic rings. The Morgan fingerprint density at radius 1 is 0.885 bits per heavy atom. The Kier molecular flexibility index (Phi) is 8.83. The second-order valence-corrected chi connectivity index (χ2v) is 16.7. The fraction of sp³-hybridized carbons (Fsp3) is 0.811. The summed E-state index contributed by atoms with van der Waals surface area (Å²) in [5, 5.41) is 12.2. The molecule has 4 aliphatic carbocycles. The summed E-state index contributed by atoms with van der Waals surface area (Å²) in [4.78, 5) is 64.6. The van der Waals surface area contributed by atoms with Gasteiger partial charge in [0.25, 0.3) is 0 Å². The zero-order valence-corrected chi connectivity index (χ0v) is 31.0. The quantitative estimate of drug-likeness (QED) is 0.174. The number of hydrogen-bond acceptors (Lipinski definition) is 15. The summed E-state index contributed by atoms with van der Waals surface area (Å²) in [5.41, 5.74) is -2.59. The lowest BCUT2D eigenvalue weighted by Gasteiger charge is -2.78. The number of Topliss-reactive ketones (excluding diaryl/α,β-unsaturated/α-hetero) is 1. The van der Waals surface area contributed by atoms with E-state index in [2.05, 4.69) is 20.4 Å². The molecule has 3 spiro atoms. The Morgan fingerprint density at radius 3 is 2.15 bits per heavy atom. The number of ether oxygens (including phenoxy) is 9. The number of hydrogen-bond donors (Lipinski definition) is 1. The van der Waals surface area contributed by atoms with E-state index in [-0.39, 0.29) is 18.3 Å². The van der Waals surface area contributed by atoms with Gasteiger partial charge in [0.2, 0.25) is 5.79 Å². The van der Waals surface area contributed by atoms with Gasteiger partial charge in [0, 0.05) is 44.9 Å². The van der Waals surface area contributed by atoms with Crippen molar-refractivity contribution in [2.75, 3.05) is 13.2 Å². The van der Waals surface area contributed by atoms with Gasteiger partial charge in [0.05, 0.1) is 18.8 Å². The van der Waals surface area contributed by atoms with Crippen LogP contribution < -0.4 is 0 Å². The summed E-state index contributed by atoms with van der Waals surface area (Å²) >= 11 is 0. The van der Waals surface area contributed by atoms with Gasteiger partial charge in [-0.15, -0.1) is 0 Å². The molecular weight excluding hydrogens is 684 g/mol. The van der Waals surface area contributed by atoms with Crippen LogP contribution in [0.25, 0.3) is 0 Å². The molecule has 4 saturated carbocycles. The molecule has 0 aromatic carbocycles. The van der Waals surface area contributed by atoms with Crippen LogP contribution in [-0.2, 0) is 66.6 Å². The lowest BCUT2D eigenvalue weighted by molar-refractivity contribution is -0.544. The van der Waals surface area contributed by atoms with Gasteiger partial charge in [0.15, 0.2) is 36.2 Å². The molecule has 4 heterocycles. The molecule has 288 valence electrons. The molecule has 0 radical (unpaired) electrons. The SMILES string of the molecule is C=C1C(=O)[C@@]23[C@@H]4OC(C)(C)O[C@]25OC[C@@]2([C@H]([C@@H]5O[C@@H]5O[C@H](COC(C)=O)[C@@H](OC(C)=O)[C@H](OC(C)=O)[C@H]5OC(C)=O)C(C)(C)CC[C@@H]2O)[C@@H]3CC[C@@H]14. The maximum absolute atomic E-state index is 14.9. The second-order valence-electron chi connectivity index (χ2n) is 16.7. The minimum absolute atomic E-state index is 0.0837. The van der Waals surface area contributed by atoms with E-state index in [0.717, 1.165) is 20.8 Å². The zero-order chi connectivity index (χ0) is 37.9. The number of aliphatic hydroxyl groups is 1. The highest BCUT2D eigenvalue weighted by Gasteiger charge is 2.90. The van der Waals surface area contributed by atoms with Crippen LogP contribution in [0.5, 0.6) is 0 Å². The highest BCUT2D eigenvalue weighted by atomic mass is 16.8. The monoisotopic (exact) mass is 734 g/mol. The molecule has 0 unspecified atom stereocenters. The van der Waals surface area contributed by atoms with Crippen molar-refractivity contribution in [1.29, 1.82) is 0 Å². The van der Waals surface area contributed by atoms with Gasteiger partial charge in [-0.05, 0) is 56.4 Å². The van der Waals surface area contributed by atoms with Crippen molar-refractivity contribution in [3.05, 3.63) is 12.2 Å². The van der Waals surface area contributed by atoms with Gasteiger partial charge in [-0.25, -0.2) is 0 Å². The number of carbonyl (C=O) groups excluding carboxylic acids is 5. The van der Waals surface area contributed by atoms with Crippen LogP contribution in [0.4, 0.5) is 0 Å². The van der Waals surface area contributed by atoms with Crippen molar-refractivity contribution >= 4 is 29.7 Å². The van der Waals surface area contributed by atoms with Crippen molar-refractivity contribution in [3.8, 4) is 0 Å². The molecule has 8 rings (SSSR count). The number of rotatable bonds is 7. The molecule has 14 atom stereocenters. The fourth-order valence-electron chi connectivity index (χ4n) is 11.4. The van der Waals surface area contributed by atoms with Gasteiger partial charge >= 0.3 is 23.9 Å². The molecule has 52 heavy (non-hydrogen) atoms. The molecular formula is C37H50O15. The molecule has 4 bridgehead atoms. The van der Waals surface area contributed by atoms with E-state index in [0.29, 0.717) is 31.3 Å². The number of carbonyl (C=O) groups is 5. The number of aliphatic hydroxyl groups excluding tert-OH is 1. The minimum Gasteiger partial charge on any atom is -0.463 e. The maximum atomic E-state index is 14.9. The van der Waals surface area contributed by atoms with E-state index in [1.165, 1.54) is 6.92 Å². The highest BCUT2D eigenvalue weighted by Crippen LogP contribution is 2.79.